The topological polar surface area (TPSA) is 68.8 Å². The molecule has 0 radical (unpaired) electrons. The van der Waals surface area contributed by atoms with Crippen molar-refractivity contribution in [3.8, 4) is 11.8 Å². The second-order valence-corrected chi connectivity index (χ2v) is 10.4. The van der Waals surface area contributed by atoms with Gasteiger partial charge in [-0.25, -0.2) is 18.6 Å². The van der Waals surface area contributed by atoms with Crippen molar-refractivity contribution >= 4 is 28.6 Å². The van der Waals surface area contributed by atoms with Gasteiger partial charge in [0.15, 0.2) is 0 Å². The number of halogens is 2. The molecule has 2 fully saturated rings. The molecule has 0 N–H and O–H groups in total. The first-order valence-corrected chi connectivity index (χ1v) is 13.3. The summed E-state index contributed by atoms with van der Waals surface area (Å²) in [7, 11) is 3.26. The molecule has 7 nitrogen and oxygen atoms in total. The number of likely N-dealkylation sites (tertiary alicyclic amines) is 1. The molecule has 38 heavy (non-hydrogen) atoms. The fraction of sp³-hybridized carbons (Fsp3) is 0.586. The Bertz CT molecular complexity index is 1310. The predicted octanol–water partition coefficient (Wildman–Crippen LogP) is 5.69. The lowest BCUT2D eigenvalue weighted by Crippen LogP contribution is -2.38. The van der Waals surface area contributed by atoms with Crippen molar-refractivity contribution in [2.24, 2.45) is 18.9 Å². The minimum Gasteiger partial charge on any atom is -0.469 e. The number of pyridine rings is 1. The number of nitrogens with zero attached hydrogens (tertiary/aromatic N) is 4. The van der Waals surface area contributed by atoms with Gasteiger partial charge in [-0.15, -0.1) is 5.92 Å². The molecule has 9 heteroatoms. The van der Waals surface area contributed by atoms with Crippen LogP contribution >= 0.6 is 0 Å². The van der Waals surface area contributed by atoms with Crippen LogP contribution in [0.5, 0.6) is 0 Å². The number of hydrogen-bond acceptors (Lipinski definition) is 4. The van der Waals surface area contributed by atoms with Gasteiger partial charge >= 0.3 is 5.97 Å². The maximum atomic E-state index is 13.9. The van der Waals surface area contributed by atoms with Crippen molar-refractivity contribution in [2.45, 2.75) is 76.7 Å². The van der Waals surface area contributed by atoms with Gasteiger partial charge in [-0.2, -0.15) is 0 Å². The largest absolute Gasteiger partial charge is 0.469 e. The molecule has 2 atom stereocenters. The number of fused-ring (bicyclic) bond motifs is 1. The van der Waals surface area contributed by atoms with Crippen LogP contribution in [0.4, 0.5) is 14.5 Å². The lowest BCUT2D eigenvalue weighted by Gasteiger charge is -2.31. The van der Waals surface area contributed by atoms with E-state index in [0.717, 1.165) is 31.4 Å². The van der Waals surface area contributed by atoms with Gasteiger partial charge in [-0.1, -0.05) is 18.8 Å². The summed E-state index contributed by atoms with van der Waals surface area (Å²) in [6.07, 6.45) is 6.91. The zero-order valence-electron chi connectivity index (χ0n) is 22.2. The summed E-state index contributed by atoms with van der Waals surface area (Å²) in [5.74, 6) is 2.50. The van der Waals surface area contributed by atoms with Crippen LogP contribution in [0.1, 0.15) is 74.3 Å². The van der Waals surface area contributed by atoms with E-state index in [9.17, 15) is 18.4 Å². The van der Waals surface area contributed by atoms with E-state index < -0.39 is 5.92 Å². The van der Waals surface area contributed by atoms with Gasteiger partial charge in [0.05, 0.1) is 25.2 Å². The molecule has 4 rings (SSSR count). The lowest BCUT2D eigenvalue weighted by atomic mass is 9.82. The highest BCUT2D eigenvalue weighted by molar-refractivity contribution is 6.08. The Hall–Kier alpha value is -3.46. The third-order valence-electron chi connectivity index (χ3n) is 7.86. The predicted molar refractivity (Wildman–Crippen MR) is 140 cm³/mol. The SMILES string of the molecule is [C-]#[N+]c1cnc2c(c1)c(C(=O)N1CC[C@H](C(=O)OC)[C@H]1C)c(CCCCCCC#CC1CC(F)(F)C1)n2C. The standard InChI is InChI=1S/C29H34F2N4O3/c1-19-22(28(37)38-4)13-14-35(19)27(36)25-23-15-21(32-2)18-33-26(23)34(3)24(25)12-10-8-6-5-7-9-11-20-16-29(30,31)17-20/h15,18-20,22H,5-8,10,12-14,16-17H2,1,3-4H3/t19-,22+/m1/s1. The molecule has 202 valence electrons. The highest BCUT2D eigenvalue weighted by Gasteiger charge is 2.44. The molecule has 1 amide bonds. The number of methoxy groups -OCH3 is 1. The number of hydrogen-bond donors (Lipinski definition) is 0. The van der Waals surface area contributed by atoms with Crippen molar-refractivity contribution < 1.29 is 23.1 Å². The number of aryl methyl sites for hydroxylation is 1. The number of alkyl halides is 2. The van der Waals surface area contributed by atoms with Crippen LogP contribution in [-0.4, -0.2) is 51.9 Å². The van der Waals surface area contributed by atoms with E-state index in [1.807, 2.05) is 18.5 Å². The Morgan fingerprint density at radius 1 is 1.26 bits per heavy atom. The summed E-state index contributed by atoms with van der Waals surface area (Å²) in [6, 6.07) is 1.43. The molecule has 1 aliphatic carbocycles. The summed E-state index contributed by atoms with van der Waals surface area (Å²) in [6.45, 7) is 9.74. The Morgan fingerprint density at radius 2 is 2.00 bits per heavy atom. The average Bonchev–Trinajstić information content (AvgIpc) is 3.40. The van der Waals surface area contributed by atoms with Crippen LogP contribution in [0.25, 0.3) is 15.9 Å². The lowest BCUT2D eigenvalue weighted by molar-refractivity contribution is -0.145. The summed E-state index contributed by atoms with van der Waals surface area (Å²) in [4.78, 5) is 35.8. The highest BCUT2D eigenvalue weighted by Crippen LogP contribution is 2.41. The van der Waals surface area contributed by atoms with Crippen molar-refractivity contribution in [1.82, 2.24) is 14.5 Å². The Kier molecular flexibility index (Phi) is 8.35. The first kappa shape index (κ1) is 27.6. The fourth-order valence-electron chi connectivity index (χ4n) is 5.62. The third kappa shape index (κ3) is 5.67. The molecule has 0 unspecified atom stereocenters. The minimum atomic E-state index is -2.52. The van der Waals surface area contributed by atoms with E-state index >= 15 is 0 Å². The molecule has 0 bridgehead atoms. The summed E-state index contributed by atoms with van der Waals surface area (Å²) < 4.78 is 32.7. The van der Waals surface area contributed by atoms with E-state index in [4.69, 9.17) is 11.3 Å². The van der Waals surface area contributed by atoms with Gasteiger partial charge < -0.3 is 14.2 Å². The van der Waals surface area contributed by atoms with Crippen LogP contribution in [-0.2, 0) is 23.0 Å². The number of esters is 1. The Morgan fingerprint density at radius 3 is 2.68 bits per heavy atom. The van der Waals surface area contributed by atoms with Gasteiger partial charge in [0, 0.05) is 62.1 Å². The maximum absolute atomic E-state index is 13.9. The van der Waals surface area contributed by atoms with E-state index in [1.165, 1.54) is 13.3 Å². The Balaban J connectivity index is 1.44. The molecule has 1 aliphatic heterocycles. The number of ether oxygens (including phenoxy) is 1. The molecule has 1 saturated heterocycles. The zero-order valence-corrected chi connectivity index (χ0v) is 22.2. The van der Waals surface area contributed by atoms with Crippen molar-refractivity contribution in [3.05, 3.63) is 34.9 Å². The molecule has 2 aliphatic rings. The van der Waals surface area contributed by atoms with Gasteiger partial charge in [0.1, 0.15) is 5.65 Å². The molecular weight excluding hydrogens is 490 g/mol. The Labute approximate surface area is 222 Å². The van der Waals surface area contributed by atoms with Crippen LogP contribution < -0.4 is 0 Å². The molecular formula is C29H34F2N4O3. The summed E-state index contributed by atoms with van der Waals surface area (Å²) in [5.41, 5.74) is 2.46. The van der Waals surface area contributed by atoms with Gasteiger partial charge in [-0.05, 0) is 38.7 Å². The van der Waals surface area contributed by atoms with Crippen LogP contribution in [0.2, 0.25) is 0 Å². The van der Waals surface area contributed by atoms with Crippen molar-refractivity contribution in [1.29, 1.82) is 0 Å². The van der Waals surface area contributed by atoms with E-state index in [1.54, 1.807) is 11.0 Å². The number of amides is 1. The average molecular weight is 525 g/mol. The van der Waals surface area contributed by atoms with Crippen molar-refractivity contribution in [3.63, 3.8) is 0 Å². The monoisotopic (exact) mass is 524 g/mol. The van der Waals surface area contributed by atoms with Crippen LogP contribution in [0, 0.1) is 30.2 Å². The number of rotatable bonds is 8. The number of aromatic nitrogens is 2. The summed E-state index contributed by atoms with van der Waals surface area (Å²) in [5, 5.41) is 0.659. The molecule has 2 aromatic rings. The molecule has 0 spiro atoms. The van der Waals surface area contributed by atoms with Crippen LogP contribution in [0.3, 0.4) is 0 Å². The van der Waals surface area contributed by atoms with Gasteiger partial charge in [-0.3, -0.25) is 9.59 Å². The fourth-order valence-corrected chi connectivity index (χ4v) is 5.62. The molecule has 3 heterocycles. The molecule has 2 aromatic heterocycles. The van der Waals surface area contributed by atoms with E-state index in [-0.39, 0.29) is 42.6 Å². The van der Waals surface area contributed by atoms with Gasteiger partial charge in [0.2, 0.25) is 5.69 Å². The highest BCUT2D eigenvalue weighted by atomic mass is 19.3. The smallest absolute Gasteiger partial charge is 0.310 e. The second-order valence-electron chi connectivity index (χ2n) is 10.4. The first-order valence-electron chi connectivity index (χ1n) is 13.3. The zero-order chi connectivity index (χ0) is 27.4. The first-order chi connectivity index (χ1) is 18.2. The quantitative estimate of drug-likeness (QED) is 0.193. The van der Waals surface area contributed by atoms with Crippen molar-refractivity contribution in [2.75, 3.05) is 13.7 Å². The van der Waals surface area contributed by atoms with Crippen LogP contribution in [0.15, 0.2) is 12.3 Å². The second kappa shape index (κ2) is 11.5. The summed E-state index contributed by atoms with van der Waals surface area (Å²) >= 11 is 0. The number of carbonyl (C=O) groups excluding carboxylic acids is 2. The molecule has 1 saturated carbocycles. The number of carbonyl (C=O) groups is 2. The van der Waals surface area contributed by atoms with E-state index in [0.29, 0.717) is 48.1 Å². The third-order valence-corrected chi connectivity index (χ3v) is 7.86. The van der Waals surface area contributed by atoms with Gasteiger partial charge in [0.25, 0.3) is 11.8 Å². The minimum absolute atomic E-state index is 0.113. The van der Waals surface area contributed by atoms with E-state index in [2.05, 4.69) is 21.7 Å². The normalized spacial score (nSPS) is 20.5. The number of unbranched alkanes of at least 4 members (excludes halogenated alkanes) is 4. The molecule has 0 aromatic carbocycles. The maximum Gasteiger partial charge on any atom is 0.310 e.